The Bertz CT molecular complexity index is 1480. The van der Waals surface area contributed by atoms with Crippen molar-refractivity contribution in [3.63, 3.8) is 0 Å². The second-order valence-corrected chi connectivity index (χ2v) is 8.98. The van der Waals surface area contributed by atoms with Gasteiger partial charge in [-0.3, -0.25) is 10.2 Å². The van der Waals surface area contributed by atoms with Gasteiger partial charge in [0.05, 0.1) is 29.5 Å². The lowest BCUT2D eigenvalue weighted by Crippen LogP contribution is -2.25. The van der Waals surface area contributed by atoms with Crippen LogP contribution in [0.15, 0.2) is 42.9 Å². The first-order valence-corrected chi connectivity index (χ1v) is 12.4. The third kappa shape index (κ3) is 5.08. The van der Waals surface area contributed by atoms with E-state index in [1.165, 1.54) is 6.33 Å². The van der Waals surface area contributed by atoms with Gasteiger partial charge in [-0.05, 0) is 57.5 Å². The van der Waals surface area contributed by atoms with Gasteiger partial charge in [0.25, 0.3) is 5.91 Å². The van der Waals surface area contributed by atoms with Gasteiger partial charge in [-0.1, -0.05) is 17.7 Å². The Morgan fingerprint density at radius 1 is 1.22 bits per heavy atom. The summed E-state index contributed by atoms with van der Waals surface area (Å²) in [6.45, 7) is 8.25. The van der Waals surface area contributed by atoms with E-state index in [4.69, 9.17) is 27.5 Å². The van der Waals surface area contributed by atoms with Crippen molar-refractivity contribution < 1.29 is 9.53 Å². The van der Waals surface area contributed by atoms with E-state index in [0.29, 0.717) is 57.6 Å². The first-order chi connectivity index (χ1) is 17.8. The molecule has 4 aromatic rings. The third-order valence-corrected chi connectivity index (χ3v) is 6.54. The number of amides is 1. The van der Waals surface area contributed by atoms with Crippen LogP contribution in [0, 0.1) is 12.3 Å². The van der Waals surface area contributed by atoms with Crippen molar-refractivity contribution in [3.05, 3.63) is 75.7 Å². The average molecular weight is 520 g/mol. The Morgan fingerprint density at radius 2 is 2.00 bits per heavy atom. The number of nitrogens with one attached hydrogen (secondary N) is 4. The molecule has 0 bridgehead atoms. The molecule has 0 saturated heterocycles. The van der Waals surface area contributed by atoms with E-state index < -0.39 is 6.04 Å². The minimum atomic E-state index is -0.402. The number of nitrogens with two attached hydrogens (primary N) is 1. The normalized spacial score (nSPS) is 11.8. The van der Waals surface area contributed by atoms with E-state index in [2.05, 4.69) is 25.6 Å². The Balaban J connectivity index is 1.76. The highest BCUT2D eigenvalue weighted by Crippen LogP contribution is 2.38. The molecule has 0 fully saturated rings. The first kappa shape index (κ1) is 26.0. The number of nitrogen functional groups attached to an aromatic ring is 1. The average Bonchev–Trinajstić information content (AvgIpc) is 3.34. The number of rotatable bonds is 9. The van der Waals surface area contributed by atoms with Crippen LogP contribution in [0.4, 0.5) is 11.6 Å². The Morgan fingerprint density at radius 3 is 2.73 bits per heavy atom. The van der Waals surface area contributed by atoms with Gasteiger partial charge in [0.1, 0.15) is 23.7 Å². The van der Waals surface area contributed by atoms with Crippen LogP contribution in [0.1, 0.15) is 59.4 Å². The molecule has 9 nitrogen and oxygen atoms in total. The number of halogens is 1. The zero-order valence-electron chi connectivity index (χ0n) is 21.2. The number of aromatic amines is 1. The molecule has 2 heterocycles. The molecule has 0 aliphatic rings. The molecule has 2 aromatic heterocycles. The number of fused-ring (bicyclic) bond motifs is 1. The summed E-state index contributed by atoms with van der Waals surface area (Å²) in [6.07, 6.45) is 3.20. The molecular weight excluding hydrogens is 490 g/mol. The highest BCUT2D eigenvalue weighted by molar-refractivity contribution is 6.32. The van der Waals surface area contributed by atoms with Gasteiger partial charge >= 0.3 is 0 Å². The highest BCUT2D eigenvalue weighted by atomic mass is 35.5. The fourth-order valence-corrected chi connectivity index (χ4v) is 4.49. The van der Waals surface area contributed by atoms with Crippen LogP contribution in [0.25, 0.3) is 10.9 Å². The van der Waals surface area contributed by atoms with E-state index in [-0.39, 0.29) is 17.4 Å². The maximum absolute atomic E-state index is 12.9. The van der Waals surface area contributed by atoms with E-state index >= 15 is 0 Å². The van der Waals surface area contributed by atoms with Crippen LogP contribution in [-0.4, -0.2) is 39.7 Å². The van der Waals surface area contributed by atoms with E-state index in [9.17, 15) is 4.79 Å². The molecule has 0 spiro atoms. The molecule has 1 amide bonds. The monoisotopic (exact) mass is 519 g/mol. The van der Waals surface area contributed by atoms with Crippen LogP contribution in [0.3, 0.4) is 0 Å². The van der Waals surface area contributed by atoms with Crippen molar-refractivity contribution in [2.45, 2.75) is 33.7 Å². The van der Waals surface area contributed by atoms with Crippen molar-refractivity contribution in [1.29, 1.82) is 5.41 Å². The predicted molar refractivity (Wildman–Crippen MR) is 148 cm³/mol. The summed E-state index contributed by atoms with van der Waals surface area (Å²) in [7, 11) is 0. The maximum Gasteiger partial charge on any atom is 0.255 e. The summed E-state index contributed by atoms with van der Waals surface area (Å²) in [6, 6.07) is 9.02. The van der Waals surface area contributed by atoms with Gasteiger partial charge in [0.2, 0.25) is 0 Å². The Kier molecular flexibility index (Phi) is 7.63. The largest absolute Gasteiger partial charge is 0.493 e. The second kappa shape index (κ2) is 10.9. The molecule has 0 radical (unpaired) electrons. The molecule has 0 saturated carbocycles. The highest BCUT2D eigenvalue weighted by Gasteiger charge is 2.26. The van der Waals surface area contributed by atoms with Crippen molar-refractivity contribution in [1.82, 2.24) is 20.3 Å². The number of H-pyrrole nitrogens is 1. The van der Waals surface area contributed by atoms with E-state index in [0.717, 1.165) is 10.9 Å². The predicted octanol–water partition coefficient (Wildman–Crippen LogP) is 5.24. The zero-order valence-corrected chi connectivity index (χ0v) is 22.0. The molecule has 192 valence electrons. The molecule has 10 heteroatoms. The summed E-state index contributed by atoms with van der Waals surface area (Å²) in [5.74, 6) is 0.761. The van der Waals surface area contributed by atoms with E-state index in [1.54, 1.807) is 13.0 Å². The van der Waals surface area contributed by atoms with Gasteiger partial charge in [0.15, 0.2) is 0 Å². The molecule has 1 atom stereocenters. The van der Waals surface area contributed by atoms with Gasteiger partial charge in [-0.25, -0.2) is 9.97 Å². The molecule has 0 aliphatic carbocycles. The summed E-state index contributed by atoms with van der Waals surface area (Å²) < 4.78 is 5.97. The third-order valence-electron chi connectivity index (χ3n) is 6.15. The van der Waals surface area contributed by atoms with Crippen molar-refractivity contribution in [2.24, 2.45) is 0 Å². The van der Waals surface area contributed by atoms with Crippen LogP contribution >= 0.6 is 11.6 Å². The second-order valence-electron chi connectivity index (χ2n) is 8.57. The quantitative estimate of drug-likeness (QED) is 0.191. The number of ether oxygens (including phenoxy) is 1. The molecule has 1 unspecified atom stereocenters. The van der Waals surface area contributed by atoms with Crippen LogP contribution in [0.5, 0.6) is 5.75 Å². The van der Waals surface area contributed by atoms with Crippen LogP contribution in [0.2, 0.25) is 5.02 Å². The fraction of sp³-hybridized carbons (Fsp3) is 0.259. The minimum Gasteiger partial charge on any atom is -0.493 e. The van der Waals surface area contributed by atoms with Crippen molar-refractivity contribution >= 4 is 45.8 Å². The number of anilines is 2. The number of nitrogens with zero attached hydrogens (tertiary/aromatic N) is 2. The number of benzene rings is 2. The molecule has 6 N–H and O–H groups in total. The minimum absolute atomic E-state index is 0.179. The number of hydrogen-bond donors (Lipinski definition) is 5. The zero-order chi connectivity index (χ0) is 26.7. The Hall–Kier alpha value is -4.11. The smallest absolute Gasteiger partial charge is 0.255 e. The molecule has 4 rings (SSSR count). The van der Waals surface area contributed by atoms with Gasteiger partial charge in [-0.15, -0.1) is 0 Å². The van der Waals surface area contributed by atoms with Crippen molar-refractivity contribution in [3.8, 4) is 5.75 Å². The summed E-state index contributed by atoms with van der Waals surface area (Å²) in [5.41, 5.74) is 10.2. The van der Waals surface area contributed by atoms with Gasteiger partial charge in [0, 0.05) is 39.8 Å². The summed E-state index contributed by atoms with van der Waals surface area (Å²) >= 11 is 6.56. The first-order valence-electron chi connectivity index (χ1n) is 12.0. The molecular formula is C27H30ClN7O2. The number of aromatic nitrogens is 3. The lowest BCUT2D eigenvalue weighted by molar-refractivity contribution is 0.0951. The van der Waals surface area contributed by atoms with E-state index in [1.807, 2.05) is 51.2 Å². The summed E-state index contributed by atoms with van der Waals surface area (Å²) in [5, 5.41) is 16.5. The van der Waals surface area contributed by atoms with Crippen LogP contribution < -0.4 is 21.1 Å². The fourth-order valence-electron chi connectivity index (χ4n) is 4.28. The van der Waals surface area contributed by atoms with Gasteiger partial charge < -0.3 is 26.1 Å². The maximum atomic E-state index is 12.9. The number of hydrogen-bond acceptors (Lipinski definition) is 7. The molecule has 37 heavy (non-hydrogen) atoms. The van der Waals surface area contributed by atoms with Crippen LogP contribution in [-0.2, 0) is 0 Å². The number of carbonyl (C=O) groups excluding carboxylic acids is 1. The van der Waals surface area contributed by atoms with Crippen molar-refractivity contribution in [2.75, 3.05) is 24.2 Å². The standard InChI is InChI=1S/C27H30ClN7O2/c1-5-31-27(36)21-14(3)19(28)12-18(24(21)37-6-2)15(4)35-26-22(25(30)33-13-34-26)23(29)17-7-8-20-16(11-17)9-10-32-20/h7-13,15,29,32H,5-6H2,1-4H3,(H,31,36)(H3,30,33,34,35). The van der Waals surface area contributed by atoms with Gasteiger partial charge in [-0.2, -0.15) is 0 Å². The Labute approximate surface area is 220 Å². The molecule has 2 aromatic carbocycles. The SMILES string of the molecule is CCNC(=O)c1c(C)c(Cl)cc(C(C)Nc2ncnc(N)c2C(=N)c2ccc3[nH]ccc3c2)c1OCC. The topological polar surface area (TPSA) is 142 Å². The summed E-state index contributed by atoms with van der Waals surface area (Å²) in [4.78, 5) is 24.6. The molecule has 0 aliphatic heterocycles. The number of carbonyl (C=O) groups is 1. The lowest BCUT2D eigenvalue weighted by atomic mass is 9.97. The lowest BCUT2D eigenvalue weighted by Gasteiger charge is -2.24.